The van der Waals surface area contributed by atoms with Crippen LogP contribution < -0.4 is 0 Å². The maximum Gasteiger partial charge on any atom is 0.0636 e. The molecule has 3 aromatic rings. The maximum atomic E-state index is 8.53. The van der Waals surface area contributed by atoms with Gasteiger partial charge in [0.1, 0.15) is 0 Å². The first-order chi connectivity index (χ1) is 10.1. The van der Waals surface area contributed by atoms with Gasteiger partial charge in [-0.25, -0.2) is 0 Å². The molecule has 0 N–H and O–H groups in total. The average molecular weight is 259 g/mol. The van der Waals surface area contributed by atoms with Crippen LogP contribution in [-0.2, 0) is 0 Å². The number of hydrogen-bond donors (Lipinski definition) is 0. The van der Waals surface area contributed by atoms with Crippen molar-refractivity contribution >= 4 is 0 Å². The molecule has 0 fully saturated rings. The summed E-state index contributed by atoms with van der Waals surface area (Å²) in [7, 11) is 0. The third-order valence-electron chi connectivity index (χ3n) is 3.52. The maximum absolute atomic E-state index is 8.53. The van der Waals surface area contributed by atoms with E-state index in [-0.39, 0.29) is 0 Å². The highest BCUT2D eigenvalue weighted by Crippen LogP contribution is 2.26. The number of hydrogen-bond acceptors (Lipinski definition) is 0. The van der Waals surface area contributed by atoms with Crippen LogP contribution >= 0.6 is 0 Å². The lowest BCUT2D eigenvalue weighted by atomic mass is 9.98. The molecule has 3 aromatic carbocycles. The molecular formula is C20H18. The minimum Gasteiger partial charge on any atom is -0.0610 e. The molecule has 0 unspecified atom stereocenters. The van der Waals surface area contributed by atoms with Crippen molar-refractivity contribution in [3.63, 3.8) is 0 Å². The zero-order chi connectivity index (χ0) is 14.8. The summed E-state index contributed by atoms with van der Waals surface area (Å²) in [4.78, 5) is 0. The van der Waals surface area contributed by atoms with Crippen LogP contribution in [0.4, 0.5) is 0 Å². The van der Waals surface area contributed by atoms with Gasteiger partial charge in [0, 0.05) is 0 Å². The highest BCUT2D eigenvalue weighted by atomic mass is 14.1. The molecule has 0 atom stereocenters. The van der Waals surface area contributed by atoms with Crippen molar-refractivity contribution in [2.24, 2.45) is 0 Å². The van der Waals surface area contributed by atoms with E-state index in [0.717, 1.165) is 22.3 Å². The molecule has 0 aliphatic carbocycles. The van der Waals surface area contributed by atoms with Gasteiger partial charge in [0.15, 0.2) is 0 Å². The van der Waals surface area contributed by atoms with E-state index in [9.17, 15) is 0 Å². The highest BCUT2D eigenvalue weighted by molar-refractivity contribution is 5.73. The molecule has 0 nitrogen and oxygen atoms in total. The summed E-state index contributed by atoms with van der Waals surface area (Å²) in [5, 5.41) is 0. The molecule has 0 bridgehead atoms. The first-order valence-electron chi connectivity index (χ1n) is 7.39. The minimum absolute atomic E-state index is 0.588. The van der Waals surface area contributed by atoms with Gasteiger partial charge < -0.3 is 0 Å². The predicted molar refractivity (Wildman–Crippen MR) is 86.8 cm³/mol. The van der Waals surface area contributed by atoms with Crippen molar-refractivity contribution in [2.75, 3.05) is 0 Å². The van der Waals surface area contributed by atoms with Crippen LogP contribution in [0.1, 0.15) is 12.5 Å². The fraction of sp³-hybridized carbons (Fsp3) is 0.100. The fourth-order valence-corrected chi connectivity index (χ4v) is 2.27. The summed E-state index contributed by atoms with van der Waals surface area (Å²) in [5.74, 6) is 0. The van der Waals surface area contributed by atoms with Crippen LogP contribution in [-0.4, -0.2) is 0 Å². The van der Waals surface area contributed by atoms with E-state index >= 15 is 0 Å². The molecule has 98 valence electrons. The van der Waals surface area contributed by atoms with Crippen molar-refractivity contribution in [1.82, 2.24) is 0 Å². The van der Waals surface area contributed by atoms with Crippen LogP contribution in [0.15, 0.2) is 72.8 Å². The Bertz CT molecular complexity index is 689. The number of aryl methyl sites for hydroxylation is 2. The minimum atomic E-state index is 0.588. The molecule has 0 heteroatoms. The lowest BCUT2D eigenvalue weighted by molar-refractivity contribution is 1.46. The molecule has 0 aliphatic rings. The van der Waals surface area contributed by atoms with Crippen molar-refractivity contribution < 1.29 is 1.37 Å². The summed E-state index contributed by atoms with van der Waals surface area (Å²) in [6, 6.07) is 23.4. The molecule has 0 saturated heterocycles. The molecule has 0 aromatic heterocycles. The Labute approximate surface area is 122 Å². The SMILES string of the molecule is [2H]c1c(-c2ccc(C)cc2)cccc1-c1ccc(C)cc1. The topological polar surface area (TPSA) is 0 Å². The Balaban J connectivity index is 2.10. The molecule has 0 heterocycles. The van der Waals surface area contributed by atoms with Gasteiger partial charge in [0.25, 0.3) is 0 Å². The van der Waals surface area contributed by atoms with Crippen molar-refractivity contribution in [2.45, 2.75) is 13.8 Å². The standard InChI is InChI=1S/C20H18/c1-15-6-10-17(11-7-15)19-4-3-5-20(14-19)18-12-8-16(2)9-13-18/h3-14H,1-2H3/i14D. The fourth-order valence-electron chi connectivity index (χ4n) is 2.27. The first kappa shape index (κ1) is 11.5. The van der Waals surface area contributed by atoms with E-state index in [1.807, 2.05) is 18.2 Å². The van der Waals surface area contributed by atoms with Gasteiger partial charge in [0.2, 0.25) is 0 Å². The third kappa shape index (κ3) is 2.65. The molecule has 0 spiro atoms. The average Bonchev–Trinajstić information content (AvgIpc) is 2.50. The summed E-state index contributed by atoms with van der Waals surface area (Å²) < 4.78 is 8.53. The largest absolute Gasteiger partial charge is 0.0636 e. The lowest BCUT2D eigenvalue weighted by Crippen LogP contribution is -1.82. The summed E-state index contributed by atoms with van der Waals surface area (Å²) in [5.41, 5.74) is 6.63. The molecule has 0 saturated carbocycles. The van der Waals surface area contributed by atoms with Crippen LogP contribution in [0.25, 0.3) is 22.3 Å². The number of rotatable bonds is 2. The van der Waals surface area contributed by atoms with Gasteiger partial charge in [0.05, 0.1) is 1.37 Å². The zero-order valence-electron chi connectivity index (χ0n) is 12.9. The monoisotopic (exact) mass is 259 g/mol. The number of benzene rings is 3. The second-order valence-corrected chi connectivity index (χ2v) is 5.21. The molecular weight excluding hydrogens is 240 g/mol. The quantitative estimate of drug-likeness (QED) is 0.559. The van der Waals surface area contributed by atoms with Crippen LogP contribution in [0.3, 0.4) is 0 Å². The van der Waals surface area contributed by atoms with E-state index in [1.165, 1.54) is 11.1 Å². The first-order valence-corrected chi connectivity index (χ1v) is 6.89. The van der Waals surface area contributed by atoms with E-state index in [2.05, 4.69) is 62.4 Å². The zero-order valence-corrected chi connectivity index (χ0v) is 11.9. The van der Waals surface area contributed by atoms with Gasteiger partial charge in [-0.15, -0.1) is 0 Å². The second-order valence-electron chi connectivity index (χ2n) is 5.21. The van der Waals surface area contributed by atoms with Gasteiger partial charge in [-0.3, -0.25) is 0 Å². The van der Waals surface area contributed by atoms with E-state index in [1.54, 1.807) is 0 Å². The molecule has 0 aliphatic heterocycles. The second kappa shape index (κ2) is 5.34. The molecule has 20 heavy (non-hydrogen) atoms. The predicted octanol–water partition coefficient (Wildman–Crippen LogP) is 5.64. The Morgan fingerprint density at radius 1 is 0.550 bits per heavy atom. The summed E-state index contributed by atoms with van der Waals surface area (Å²) in [6.07, 6.45) is 0. The van der Waals surface area contributed by atoms with Gasteiger partial charge in [-0.2, -0.15) is 0 Å². The van der Waals surface area contributed by atoms with Crippen LogP contribution in [0.2, 0.25) is 0 Å². The Kier molecular flexibility index (Phi) is 3.07. The Morgan fingerprint density at radius 3 is 1.35 bits per heavy atom. The lowest BCUT2D eigenvalue weighted by Gasteiger charge is -2.07. The van der Waals surface area contributed by atoms with E-state index < -0.39 is 0 Å². The van der Waals surface area contributed by atoms with Crippen LogP contribution in [0.5, 0.6) is 0 Å². The van der Waals surface area contributed by atoms with Gasteiger partial charge in [-0.05, 0) is 42.1 Å². The van der Waals surface area contributed by atoms with Gasteiger partial charge in [-0.1, -0.05) is 77.9 Å². The smallest absolute Gasteiger partial charge is 0.0610 e. The summed E-state index contributed by atoms with van der Waals surface area (Å²) in [6.45, 7) is 4.15. The molecule has 0 radical (unpaired) electrons. The highest BCUT2D eigenvalue weighted by Gasteiger charge is 2.01. The third-order valence-corrected chi connectivity index (χ3v) is 3.52. The normalized spacial score (nSPS) is 11.2. The van der Waals surface area contributed by atoms with Crippen molar-refractivity contribution in [1.29, 1.82) is 0 Å². The Morgan fingerprint density at radius 2 is 0.950 bits per heavy atom. The van der Waals surface area contributed by atoms with Crippen molar-refractivity contribution in [3.8, 4) is 22.3 Å². The van der Waals surface area contributed by atoms with Gasteiger partial charge >= 0.3 is 0 Å². The molecule has 3 rings (SSSR count). The van der Waals surface area contributed by atoms with E-state index in [4.69, 9.17) is 1.37 Å². The Hall–Kier alpha value is -2.34. The van der Waals surface area contributed by atoms with E-state index in [0.29, 0.717) is 6.04 Å². The van der Waals surface area contributed by atoms with Crippen LogP contribution in [0, 0.1) is 13.8 Å². The van der Waals surface area contributed by atoms with Crippen molar-refractivity contribution in [3.05, 3.63) is 83.9 Å². The molecule has 0 amide bonds. The summed E-state index contributed by atoms with van der Waals surface area (Å²) >= 11 is 0.